The predicted octanol–water partition coefficient (Wildman–Crippen LogP) is 0.901. The van der Waals surface area contributed by atoms with Crippen LogP contribution in [0.3, 0.4) is 0 Å². The maximum atomic E-state index is 12.3. The monoisotopic (exact) mass is 337 g/mol. The highest BCUT2D eigenvalue weighted by Crippen LogP contribution is 2.33. The summed E-state index contributed by atoms with van der Waals surface area (Å²) in [5.41, 5.74) is 0.0355. The van der Waals surface area contributed by atoms with Crippen LogP contribution < -0.4 is 5.32 Å². The summed E-state index contributed by atoms with van der Waals surface area (Å²) in [6.07, 6.45) is 3.96. The molecule has 1 saturated heterocycles. The quantitative estimate of drug-likeness (QED) is 0.803. The first-order valence-electron chi connectivity index (χ1n) is 7.82. The number of carbonyl (C=O) groups excluding carboxylic acids is 2. The molecule has 1 aliphatic carbocycles. The van der Waals surface area contributed by atoms with Crippen molar-refractivity contribution in [2.24, 2.45) is 5.92 Å². The van der Waals surface area contributed by atoms with Gasteiger partial charge in [-0.1, -0.05) is 0 Å². The maximum absolute atomic E-state index is 12.3. The van der Waals surface area contributed by atoms with Crippen molar-refractivity contribution < 1.29 is 19.5 Å². The summed E-state index contributed by atoms with van der Waals surface area (Å²) in [6.45, 7) is 1.06. The van der Waals surface area contributed by atoms with Crippen LogP contribution in [-0.2, 0) is 16.0 Å². The third-order valence-electron chi connectivity index (χ3n) is 4.17. The summed E-state index contributed by atoms with van der Waals surface area (Å²) >= 11 is 1.27. The summed E-state index contributed by atoms with van der Waals surface area (Å²) < 4.78 is 0. The minimum absolute atomic E-state index is 0.0355. The number of aromatic carboxylic acids is 1. The van der Waals surface area contributed by atoms with Crippen LogP contribution in [0.1, 0.15) is 41.2 Å². The van der Waals surface area contributed by atoms with Gasteiger partial charge >= 0.3 is 5.97 Å². The van der Waals surface area contributed by atoms with E-state index >= 15 is 0 Å². The van der Waals surface area contributed by atoms with Gasteiger partial charge in [0.1, 0.15) is 6.04 Å². The van der Waals surface area contributed by atoms with Crippen molar-refractivity contribution in [2.45, 2.75) is 38.1 Å². The van der Waals surface area contributed by atoms with Gasteiger partial charge in [-0.05, 0) is 25.7 Å². The second-order valence-corrected chi connectivity index (χ2v) is 6.88. The van der Waals surface area contributed by atoms with Gasteiger partial charge in [0.05, 0.1) is 5.01 Å². The van der Waals surface area contributed by atoms with Gasteiger partial charge in [0.15, 0.2) is 5.69 Å². The van der Waals surface area contributed by atoms with E-state index < -0.39 is 5.97 Å². The lowest BCUT2D eigenvalue weighted by molar-refractivity contribution is -0.139. The number of amides is 2. The Labute approximate surface area is 137 Å². The average molecular weight is 337 g/mol. The van der Waals surface area contributed by atoms with E-state index in [-0.39, 0.29) is 29.5 Å². The van der Waals surface area contributed by atoms with Gasteiger partial charge in [-0.25, -0.2) is 9.78 Å². The summed E-state index contributed by atoms with van der Waals surface area (Å²) in [5, 5.41) is 13.8. The number of likely N-dealkylation sites (tertiary alicyclic amines) is 1. The van der Waals surface area contributed by atoms with Crippen LogP contribution in [0, 0.1) is 5.92 Å². The predicted molar refractivity (Wildman–Crippen MR) is 83.2 cm³/mol. The lowest BCUT2D eigenvalue weighted by Crippen LogP contribution is -2.46. The Morgan fingerprint density at radius 1 is 1.35 bits per heavy atom. The van der Waals surface area contributed by atoms with Crippen molar-refractivity contribution in [3.63, 3.8) is 0 Å². The SMILES string of the molecule is O=C(O)c1csc(CCNC(=O)[C@@H]2CCCN2C(=O)C2CC2)n1. The molecule has 1 aromatic rings. The Hall–Kier alpha value is -1.96. The van der Waals surface area contributed by atoms with Crippen molar-refractivity contribution in [2.75, 3.05) is 13.1 Å². The summed E-state index contributed by atoms with van der Waals surface area (Å²) in [5.74, 6) is -0.912. The Kier molecular flexibility index (Phi) is 4.61. The highest BCUT2D eigenvalue weighted by atomic mass is 32.1. The van der Waals surface area contributed by atoms with Crippen LogP contribution >= 0.6 is 11.3 Å². The fraction of sp³-hybridized carbons (Fsp3) is 0.600. The molecule has 1 aliphatic heterocycles. The second-order valence-electron chi connectivity index (χ2n) is 5.94. The zero-order valence-corrected chi connectivity index (χ0v) is 13.5. The molecule has 2 fully saturated rings. The largest absolute Gasteiger partial charge is 0.476 e. The molecule has 7 nitrogen and oxygen atoms in total. The van der Waals surface area contributed by atoms with Crippen LogP contribution in [-0.4, -0.2) is 51.9 Å². The summed E-state index contributed by atoms with van der Waals surface area (Å²) in [4.78, 5) is 40.9. The molecule has 8 heteroatoms. The van der Waals surface area contributed by atoms with E-state index in [2.05, 4.69) is 10.3 Å². The zero-order chi connectivity index (χ0) is 16.4. The number of nitrogens with one attached hydrogen (secondary N) is 1. The molecular formula is C15H19N3O4S. The molecule has 3 rings (SSSR count). The van der Waals surface area contributed by atoms with Crippen molar-refractivity contribution in [3.05, 3.63) is 16.1 Å². The first kappa shape index (κ1) is 15.9. The molecule has 2 heterocycles. The number of aromatic nitrogens is 1. The molecule has 0 spiro atoms. The molecule has 0 unspecified atom stereocenters. The molecule has 2 amide bonds. The third kappa shape index (κ3) is 3.69. The third-order valence-corrected chi connectivity index (χ3v) is 5.08. The molecule has 1 saturated carbocycles. The minimum Gasteiger partial charge on any atom is -0.476 e. The average Bonchev–Trinajstić information content (AvgIpc) is 3.07. The van der Waals surface area contributed by atoms with E-state index in [0.29, 0.717) is 30.9 Å². The Bertz CT molecular complexity index is 626. The smallest absolute Gasteiger partial charge is 0.355 e. The van der Waals surface area contributed by atoms with E-state index in [1.807, 2.05) is 0 Å². The van der Waals surface area contributed by atoms with Crippen molar-refractivity contribution in [3.8, 4) is 0 Å². The first-order valence-corrected chi connectivity index (χ1v) is 8.70. The van der Waals surface area contributed by atoms with Gasteiger partial charge in [0, 0.05) is 30.8 Å². The highest BCUT2D eigenvalue weighted by Gasteiger charge is 2.40. The molecule has 0 bridgehead atoms. The van der Waals surface area contributed by atoms with Gasteiger partial charge in [0.25, 0.3) is 0 Å². The molecule has 23 heavy (non-hydrogen) atoms. The number of hydrogen-bond acceptors (Lipinski definition) is 5. The number of carbonyl (C=O) groups is 3. The molecular weight excluding hydrogens is 318 g/mol. The number of thiazole rings is 1. The Balaban J connectivity index is 1.48. The topological polar surface area (TPSA) is 99.6 Å². The lowest BCUT2D eigenvalue weighted by atomic mass is 10.2. The standard InChI is InChI=1S/C15H19N3O4S/c19-13(11-2-1-7-18(11)14(20)9-3-4-9)16-6-5-12-17-10(8-23-12)15(21)22/h8-9,11H,1-7H2,(H,16,19)(H,21,22)/t11-/m0/s1. The van der Waals surface area contributed by atoms with E-state index in [4.69, 9.17) is 5.11 Å². The number of hydrogen-bond donors (Lipinski definition) is 2. The minimum atomic E-state index is -1.04. The number of rotatable bonds is 6. The Morgan fingerprint density at radius 3 is 2.78 bits per heavy atom. The van der Waals surface area contributed by atoms with Crippen molar-refractivity contribution >= 4 is 29.1 Å². The van der Waals surface area contributed by atoms with Gasteiger partial charge in [0.2, 0.25) is 11.8 Å². The number of nitrogens with zero attached hydrogens (tertiary/aromatic N) is 2. The van der Waals surface area contributed by atoms with Crippen LogP contribution in [0.2, 0.25) is 0 Å². The van der Waals surface area contributed by atoms with Crippen molar-refractivity contribution in [1.29, 1.82) is 0 Å². The van der Waals surface area contributed by atoms with Gasteiger partial charge in [-0.2, -0.15) is 0 Å². The van der Waals surface area contributed by atoms with Crippen LogP contribution in [0.25, 0.3) is 0 Å². The molecule has 124 valence electrons. The second kappa shape index (κ2) is 6.66. The Morgan fingerprint density at radius 2 is 2.13 bits per heavy atom. The van der Waals surface area contributed by atoms with E-state index in [9.17, 15) is 14.4 Å². The first-order chi connectivity index (χ1) is 11.1. The highest BCUT2D eigenvalue weighted by molar-refractivity contribution is 7.09. The van der Waals surface area contributed by atoms with Crippen LogP contribution in [0.15, 0.2) is 5.38 Å². The van der Waals surface area contributed by atoms with E-state index in [0.717, 1.165) is 19.3 Å². The molecule has 0 radical (unpaired) electrons. The van der Waals surface area contributed by atoms with Gasteiger partial charge < -0.3 is 15.3 Å². The maximum Gasteiger partial charge on any atom is 0.355 e. The number of carboxylic acids is 1. The molecule has 1 aromatic heterocycles. The van der Waals surface area contributed by atoms with E-state index in [1.54, 1.807) is 4.90 Å². The number of carboxylic acid groups (broad SMARTS) is 1. The van der Waals surface area contributed by atoms with Crippen molar-refractivity contribution in [1.82, 2.24) is 15.2 Å². The molecule has 1 atom stereocenters. The fourth-order valence-corrected chi connectivity index (χ4v) is 3.57. The zero-order valence-electron chi connectivity index (χ0n) is 12.7. The van der Waals surface area contributed by atoms with Crippen LogP contribution in [0.4, 0.5) is 0 Å². The normalized spacial score (nSPS) is 20.5. The van der Waals surface area contributed by atoms with E-state index in [1.165, 1.54) is 16.7 Å². The molecule has 0 aromatic carbocycles. The fourth-order valence-electron chi connectivity index (χ4n) is 2.80. The summed E-state index contributed by atoms with van der Waals surface area (Å²) in [6, 6.07) is -0.353. The lowest BCUT2D eigenvalue weighted by Gasteiger charge is -2.23. The molecule has 2 N–H and O–H groups in total. The van der Waals surface area contributed by atoms with Gasteiger partial charge in [-0.3, -0.25) is 9.59 Å². The summed E-state index contributed by atoms with van der Waals surface area (Å²) in [7, 11) is 0. The van der Waals surface area contributed by atoms with Gasteiger partial charge in [-0.15, -0.1) is 11.3 Å². The van der Waals surface area contributed by atoms with Crippen LogP contribution in [0.5, 0.6) is 0 Å². The molecule has 2 aliphatic rings.